The molecule has 2 aliphatic heterocycles. The molecular formula is C31H30N3+. The summed E-state index contributed by atoms with van der Waals surface area (Å²) in [6, 6.07) is 43.5. The second-order valence-electron chi connectivity index (χ2n) is 9.36. The van der Waals surface area contributed by atoms with Gasteiger partial charge in [-0.3, -0.25) is 15.2 Å². The Morgan fingerprint density at radius 1 is 0.441 bits per heavy atom. The van der Waals surface area contributed by atoms with Crippen molar-refractivity contribution in [2.45, 2.75) is 23.9 Å². The Balaban J connectivity index is 1.47. The van der Waals surface area contributed by atoms with Gasteiger partial charge < -0.3 is 0 Å². The third-order valence-electron chi connectivity index (χ3n) is 7.56. The lowest BCUT2D eigenvalue weighted by atomic mass is 9.77. The van der Waals surface area contributed by atoms with Crippen LogP contribution in [0.15, 0.2) is 121 Å². The molecule has 0 aromatic heterocycles. The molecule has 0 spiro atoms. The molecule has 0 unspecified atom stereocenters. The third-order valence-corrected chi connectivity index (χ3v) is 7.56. The van der Waals surface area contributed by atoms with Gasteiger partial charge in [0.05, 0.1) is 13.1 Å². The molecule has 0 aliphatic carbocycles. The van der Waals surface area contributed by atoms with Gasteiger partial charge in [0.15, 0.2) is 0 Å². The van der Waals surface area contributed by atoms with Crippen molar-refractivity contribution >= 4 is 5.96 Å². The fourth-order valence-electron chi connectivity index (χ4n) is 5.75. The Hall–Kier alpha value is -3.85. The van der Waals surface area contributed by atoms with Crippen LogP contribution >= 0.6 is 0 Å². The quantitative estimate of drug-likeness (QED) is 0.422. The van der Waals surface area contributed by atoms with Crippen molar-refractivity contribution in [3.8, 4) is 0 Å². The molecule has 34 heavy (non-hydrogen) atoms. The first-order valence-corrected chi connectivity index (χ1v) is 12.2. The highest BCUT2D eigenvalue weighted by Gasteiger charge is 2.49. The SMILES string of the molecule is c1ccc(C2(c3ccccc3)CC[N+]3=C(N2)NC(c2ccccc2)(c2ccccc2)CC3)cc1. The van der Waals surface area contributed by atoms with Gasteiger partial charge in [-0.15, -0.1) is 0 Å². The minimum atomic E-state index is -0.280. The predicted octanol–water partition coefficient (Wildman–Crippen LogP) is 5.23. The van der Waals surface area contributed by atoms with Crippen LogP contribution in [0.3, 0.4) is 0 Å². The first-order chi connectivity index (χ1) is 16.8. The molecule has 3 heteroatoms. The van der Waals surface area contributed by atoms with E-state index in [2.05, 4.69) is 137 Å². The molecule has 0 radical (unpaired) electrons. The van der Waals surface area contributed by atoms with E-state index < -0.39 is 0 Å². The lowest BCUT2D eigenvalue weighted by Gasteiger charge is -2.44. The van der Waals surface area contributed by atoms with Gasteiger partial charge in [0, 0.05) is 12.8 Å². The molecule has 168 valence electrons. The predicted molar refractivity (Wildman–Crippen MR) is 138 cm³/mol. The molecule has 0 atom stereocenters. The highest BCUT2D eigenvalue weighted by atomic mass is 15.3. The van der Waals surface area contributed by atoms with E-state index in [1.54, 1.807) is 0 Å². The Bertz CT molecular complexity index is 1100. The van der Waals surface area contributed by atoms with Crippen LogP contribution in [0.2, 0.25) is 0 Å². The van der Waals surface area contributed by atoms with E-state index in [0.29, 0.717) is 0 Å². The summed E-state index contributed by atoms with van der Waals surface area (Å²) in [4.78, 5) is 0. The molecule has 2 heterocycles. The van der Waals surface area contributed by atoms with Gasteiger partial charge in [-0.05, 0) is 22.3 Å². The van der Waals surface area contributed by atoms with Gasteiger partial charge >= 0.3 is 5.96 Å². The Labute approximate surface area is 201 Å². The minimum absolute atomic E-state index is 0.280. The highest BCUT2D eigenvalue weighted by molar-refractivity contribution is 5.80. The van der Waals surface area contributed by atoms with Gasteiger partial charge in [0.2, 0.25) is 0 Å². The molecule has 0 bridgehead atoms. The number of benzene rings is 4. The summed E-state index contributed by atoms with van der Waals surface area (Å²) in [5.41, 5.74) is 4.63. The monoisotopic (exact) mass is 444 g/mol. The zero-order valence-electron chi connectivity index (χ0n) is 19.3. The van der Waals surface area contributed by atoms with Crippen LogP contribution in [-0.2, 0) is 11.1 Å². The van der Waals surface area contributed by atoms with Crippen molar-refractivity contribution < 1.29 is 4.58 Å². The van der Waals surface area contributed by atoms with Crippen LogP contribution in [0, 0.1) is 0 Å². The average Bonchev–Trinajstić information content (AvgIpc) is 2.94. The molecule has 0 saturated carbocycles. The maximum absolute atomic E-state index is 4.03. The summed E-state index contributed by atoms with van der Waals surface area (Å²) < 4.78 is 2.48. The molecule has 0 fully saturated rings. The minimum Gasteiger partial charge on any atom is -0.265 e. The number of hydrogen-bond acceptors (Lipinski definition) is 2. The fraction of sp³-hybridized carbons (Fsp3) is 0.194. The molecule has 0 amide bonds. The Morgan fingerprint density at radius 2 is 0.735 bits per heavy atom. The van der Waals surface area contributed by atoms with Crippen LogP contribution in [0.1, 0.15) is 35.1 Å². The smallest absolute Gasteiger partial charge is 0.265 e. The summed E-state index contributed by atoms with van der Waals surface area (Å²) in [5.74, 6) is 1.11. The zero-order valence-corrected chi connectivity index (χ0v) is 19.3. The standard InChI is InChI=1S/C31H29N3/c1-5-13-25(14-6-1)30(26-15-7-2-8-16-26)21-23-34-24-22-31(33-29(34)32-30,27-17-9-3-10-18-27)28-19-11-4-12-20-28/h1-20H,21-24H2,(H,32,33)/p+1. The summed E-state index contributed by atoms with van der Waals surface area (Å²) >= 11 is 0. The van der Waals surface area contributed by atoms with Crippen LogP contribution in [-0.4, -0.2) is 23.6 Å². The third kappa shape index (κ3) is 3.40. The van der Waals surface area contributed by atoms with Crippen molar-refractivity contribution in [2.75, 3.05) is 13.1 Å². The van der Waals surface area contributed by atoms with Crippen LogP contribution in [0.25, 0.3) is 0 Å². The van der Waals surface area contributed by atoms with E-state index >= 15 is 0 Å². The largest absolute Gasteiger partial charge is 0.347 e. The molecule has 2 aliphatic rings. The highest BCUT2D eigenvalue weighted by Crippen LogP contribution is 2.39. The van der Waals surface area contributed by atoms with Gasteiger partial charge in [-0.1, -0.05) is 121 Å². The molecule has 3 nitrogen and oxygen atoms in total. The summed E-state index contributed by atoms with van der Waals surface area (Å²) in [7, 11) is 0. The molecule has 2 N–H and O–H groups in total. The Morgan fingerprint density at radius 3 is 1.03 bits per heavy atom. The van der Waals surface area contributed by atoms with Crippen molar-refractivity contribution in [1.82, 2.24) is 10.6 Å². The van der Waals surface area contributed by atoms with Crippen LogP contribution < -0.4 is 10.6 Å². The normalized spacial score (nSPS) is 18.4. The second-order valence-corrected chi connectivity index (χ2v) is 9.36. The molecule has 4 aromatic rings. The number of nitrogens with zero attached hydrogens (tertiary/aromatic N) is 1. The van der Waals surface area contributed by atoms with Gasteiger partial charge in [-0.2, -0.15) is 0 Å². The van der Waals surface area contributed by atoms with E-state index in [-0.39, 0.29) is 11.1 Å². The molecule has 6 rings (SSSR count). The average molecular weight is 445 g/mol. The summed E-state index contributed by atoms with van der Waals surface area (Å²) in [5, 5.41) is 8.05. The van der Waals surface area contributed by atoms with Crippen molar-refractivity contribution in [3.63, 3.8) is 0 Å². The van der Waals surface area contributed by atoms with E-state index in [9.17, 15) is 0 Å². The van der Waals surface area contributed by atoms with Gasteiger partial charge in [0.1, 0.15) is 11.1 Å². The molecule has 0 saturated heterocycles. The lowest BCUT2D eigenvalue weighted by Crippen LogP contribution is -2.66. The van der Waals surface area contributed by atoms with Crippen molar-refractivity contribution in [2.24, 2.45) is 0 Å². The van der Waals surface area contributed by atoms with E-state index in [1.165, 1.54) is 22.3 Å². The maximum atomic E-state index is 4.03. The fourth-order valence-corrected chi connectivity index (χ4v) is 5.75. The maximum Gasteiger partial charge on any atom is 0.347 e. The van der Waals surface area contributed by atoms with Crippen LogP contribution in [0.4, 0.5) is 0 Å². The summed E-state index contributed by atoms with van der Waals surface area (Å²) in [6.07, 6.45) is 2.02. The van der Waals surface area contributed by atoms with E-state index in [1.807, 2.05) is 0 Å². The zero-order chi connectivity index (χ0) is 22.8. The van der Waals surface area contributed by atoms with Gasteiger partial charge in [0.25, 0.3) is 0 Å². The first-order valence-electron chi connectivity index (χ1n) is 12.2. The van der Waals surface area contributed by atoms with Crippen molar-refractivity contribution in [1.29, 1.82) is 0 Å². The van der Waals surface area contributed by atoms with Gasteiger partial charge in [-0.25, -0.2) is 0 Å². The number of hydrogen-bond donors (Lipinski definition) is 2. The number of rotatable bonds is 4. The van der Waals surface area contributed by atoms with Crippen LogP contribution in [0.5, 0.6) is 0 Å². The van der Waals surface area contributed by atoms with E-state index in [4.69, 9.17) is 0 Å². The Kier molecular flexibility index (Phi) is 5.18. The molecule has 4 aromatic carbocycles. The van der Waals surface area contributed by atoms with E-state index in [0.717, 1.165) is 31.9 Å². The lowest BCUT2D eigenvalue weighted by molar-refractivity contribution is -0.546. The topological polar surface area (TPSA) is 27.1 Å². The molecular weight excluding hydrogens is 414 g/mol. The number of nitrogens with one attached hydrogen (secondary N) is 2. The second kappa shape index (κ2) is 8.49. The number of guanidine groups is 1. The summed E-state index contributed by atoms with van der Waals surface area (Å²) in [6.45, 7) is 2.00. The first kappa shape index (κ1) is 20.7. The van der Waals surface area contributed by atoms with Crippen molar-refractivity contribution in [3.05, 3.63) is 144 Å².